The number of amides is 1. The predicted octanol–water partition coefficient (Wildman–Crippen LogP) is 5.81. The van der Waals surface area contributed by atoms with Gasteiger partial charge in [0, 0.05) is 10.0 Å². The average molecular weight is 536 g/mol. The molecule has 0 saturated heterocycles. The van der Waals surface area contributed by atoms with Crippen molar-refractivity contribution < 1.29 is 19.1 Å². The normalized spacial score (nSPS) is 10.8. The van der Waals surface area contributed by atoms with Gasteiger partial charge in [-0.05, 0) is 49.4 Å². The van der Waals surface area contributed by atoms with Gasteiger partial charge < -0.3 is 9.47 Å². The molecule has 1 amide bonds. The lowest BCUT2D eigenvalue weighted by Crippen LogP contribution is -2.24. The van der Waals surface area contributed by atoms with Crippen molar-refractivity contribution in [1.82, 2.24) is 5.43 Å². The first kappa shape index (κ1) is 23.8. The Morgan fingerprint density at radius 2 is 1.84 bits per heavy atom. The van der Waals surface area contributed by atoms with E-state index in [2.05, 4.69) is 26.5 Å². The molecule has 0 aliphatic carbocycles. The fourth-order valence-corrected chi connectivity index (χ4v) is 3.31. The highest BCUT2D eigenvalue weighted by molar-refractivity contribution is 9.10. The summed E-state index contributed by atoms with van der Waals surface area (Å²) >= 11 is 15.3. The number of esters is 1. The number of benzene rings is 3. The molecule has 3 aromatic carbocycles. The molecule has 0 saturated carbocycles. The molecule has 0 heterocycles. The molecule has 164 valence electrons. The zero-order chi connectivity index (χ0) is 23.1. The number of nitrogens with zero attached hydrogens (tertiary/aromatic N) is 1. The fraction of sp³-hybridized carbons (Fsp3) is 0.0870. The van der Waals surface area contributed by atoms with Crippen LogP contribution >= 0.6 is 39.1 Å². The summed E-state index contributed by atoms with van der Waals surface area (Å²) in [5.74, 6) is -0.428. The Hall–Kier alpha value is -2.87. The molecule has 0 aliphatic heterocycles. The minimum Gasteiger partial charge on any atom is -0.482 e. The topological polar surface area (TPSA) is 77.0 Å². The number of ether oxygens (including phenoxy) is 2. The Labute approximate surface area is 203 Å². The summed E-state index contributed by atoms with van der Waals surface area (Å²) < 4.78 is 11.6. The van der Waals surface area contributed by atoms with Crippen molar-refractivity contribution in [2.75, 3.05) is 6.61 Å². The Balaban J connectivity index is 1.63. The van der Waals surface area contributed by atoms with Crippen LogP contribution in [0.4, 0.5) is 0 Å². The van der Waals surface area contributed by atoms with Crippen LogP contribution in [-0.4, -0.2) is 24.7 Å². The third kappa shape index (κ3) is 6.56. The molecule has 0 aliphatic rings. The minimum absolute atomic E-state index is 0.222. The van der Waals surface area contributed by atoms with Gasteiger partial charge in [-0.2, -0.15) is 5.10 Å². The van der Waals surface area contributed by atoms with Crippen molar-refractivity contribution in [3.63, 3.8) is 0 Å². The molecule has 1 N–H and O–H groups in total. The summed E-state index contributed by atoms with van der Waals surface area (Å²) in [4.78, 5) is 24.5. The van der Waals surface area contributed by atoms with Gasteiger partial charge in [0.1, 0.15) is 16.5 Å². The number of hydrogen-bond donors (Lipinski definition) is 1. The van der Waals surface area contributed by atoms with Crippen molar-refractivity contribution in [3.05, 3.63) is 91.9 Å². The number of carbonyl (C=O) groups excluding carboxylic acids is 2. The molecule has 3 rings (SSSR count). The second kappa shape index (κ2) is 11.1. The van der Waals surface area contributed by atoms with Crippen LogP contribution in [0.3, 0.4) is 0 Å². The molecule has 0 spiro atoms. The van der Waals surface area contributed by atoms with Gasteiger partial charge >= 0.3 is 5.97 Å². The number of aryl methyl sites for hydroxylation is 1. The quantitative estimate of drug-likeness (QED) is 0.179. The van der Waals surface area contributed by atoms with Crippen LogP contribution in [0.15, 0.2) is 70.2 Å². The zero-order valence-electron chi connectivity index (χ0n) is 16.8. The molecule has 0 unspecified atom stereocenters. The third-order valence-corrected chi connectivity index (χ3v) is 5.39. The number of rotatable bonds is 7. The molecule has 32 heavy (non-hydrogen) atoms. The van der Waals surface area contributed by atoms with Crippen molar-refractivity contribution in [2.45, 2.75) is 6.92 Å². The van der Waals surface area contributed by atoms with E-state index in [1.165, 1.54) is 6.21 Å². The second-order valence-corrected chi connectivity index (χ2v) is 8.28. The lowest BCUT2D eigenvalue weighted by Gasteiger charge is -2.09. The molecule has 0 radical (unpaired) electrons. The smallest absolute Gasteiger partial charge is 0.343 e. The maximum Gasteiger partial charge on any atom is 0.343 e. The summed E-state index contributed by atoms with van der Waals surface area (Å²) in [6.07, 6.45) is 1.37. The lowest BCUT2D eigenvalue weighted by molar-refractivity contribution is -0.123. The summed E-state index contributed by atoms with van der Waals surface area (Å²) in [5.41, 5.74) is 4.21. The molecule has 6 nitrogen and oxygen atoms in total. The molecule has 0 atom stereocenters. The van der Waals surface area contributed by atoms with Gasteiger partial charge in [-0.25, -0.2) is 10.2 Å². The van der Waals surface area contributed by atoms with Crippen LogP contribution in [0.25, 0.3) is 0 Å². The zero-order valence-corrected chi connectivity index (χ0v) is 19.9. The molecule has 0 aromatic heterocycles. The second-order valence-electron chi connectivity index (χ2n) is 6.57. The Morgan fingerprint density at radius 1 is 1.06 bits per heavy atom. The van der Waals surface area contributed by atoms with E-state index < -0.39 is 11.9 Å². The van der Waals surface area contributed by atoms with E-state index in [-0.39, 0.29) is 17.4 Å². The van der Waals surface area contributed by atoms with Crippen LogP contribution in [0.1, 0.15) is 21.5 Å². The summed E-state index contributed by atoms with van der Waals surface area (Å²) in [7, 11) is 0. The van der Waals surface area contributed by atoms with E-state index in [0.717, 1.165) is 10.0 Å². The first-order valence-corrected chi connectivity index (χ1v) is 10.9. The van der Waals surface area contributed by atoms with Crippen LogP contribution < -0.4 is 14.9 Å². The van der Waals surface area contributed by atoms with Crippen LogP contribution in [-0.2, 0) is 4.79 Å². The summed E-state index contributed by atoms with van der Waals surface area (Å²) in [5, 5.41) is 4.46. The van der Waals surface area contributed by atoms with Gasteiger partial charge in [-0.1, -0.05) is 62.9 Å². The summed E-state index contributed by atoms with van der Waals surface area (Å²) in [6, 6.07) is 17.0. The first-order chi connectivity index (χ1) is 15.3. The Kier molecular flexibility index (Phi) is 8.27. The van der Waals surface area contributed by atoms with Crippen LogP contribution in [0.2, 0.25) is 10.0 Å². The SMILES string of the molecule is Cc1cccc(C(=O)Oc2ccc(Br)cc2C=NNC(=O)COc2cccc(Cl)c2Cl)c1. The number of nitrogens with one attached hydrogen (secondary N) is 1. The monoisotopic (exact) mass is 534 g/mol. The Bertz CT molecular complexity index is 1180. The van der Waals surface area contributed by atoms with Crippen molar-refractivity contribution in [2.24, 2.45) is 5.10 Å². The maximum atomic E-state index is 12.5. The van der Waals surface area contributed by atoms with E-state index in [9.17, 15) is 9.59 Å². The largest absolute Gasteiger partial charge is 0.482 e. The molecule has 9 heteroatoms. The number of hydrogen-bond acceptors (Lipinski definition) is 5. The maximum absolute atomic E-state index is 12.5. The van der Waals surface area contributed by atoms with E-state index >= 15 is 0 Å². The number of halogens is 3. The average Bonchev–Trinajstić information content (AvgIpc) is 2.76. The van der Waals surface area contributed by atoms with E-state index in [1.807, 2.05) is 13.0 Å². The highest BCUT2D eigenvalue weighted by atomic mass is 79.9. The van der Waals surface area contributed by atoms with Crippen molar-refractivity contribution in [1.29, 1.82) is 0 Å². The first-order valence-electron chi connectivity index (χ1n) is 9.30. The van der Waals surface area contributed by atoms with Gasteiger partial charge in [0.15, 0.2) is 6.61 Å². The standard InChI is InChI=1S/C23H17BrCl2N2O4/c1-14-4-2-5-15(10-14)23(30)32-19-9-8-17(24)11-16(19)12-27-28-21(29)13-31-20-7-3-6-18(25)22(20)26/h2-12H,13H2,1H3,(H,28,29). The molecule has 0 bridgehead atoms. The molecule has 3 aromatic rings. The molecular formula is C23H17BrCl2N2O4. The van der Waals surface area contributed by atoms with Crippen molar-refractivity contribution in [3.8, 4) is 11.5 Å². The van der Waals surface area contributed by atoms with Gasteiger partial charge in [0.05, 0.1) is 16.8 Å². The van der Waals surface area contributed by atoms with E-state index in [0.29, 0.717) is 21.9 Å². The van der Waals surface area contributed by atoms with E-state index in [1.54, 1.807) is 54.6 Å². The minimum atomic E-state index is -0.509. The molecule has 0 fully saturated rings. The fourth-order valence-electron chi connectivity index (χ4n) is 2.59. The number of carbonyl (C=O) groups is 2. The highest BCUT2D eigenvalue weighted by Gasteiger charge is 2.12. The lowest BCUT2D eigenvalue weighted by atomic mass is 10.1. The van der Waals surface area contributed by atoms with Gasteiger partial charge in [0.2, 0.25) is 0 Å². The van der Waals surface area contributed by atoms with E-state index in [4.69, 9.17) is 32.7 Å². The number of hydrazone groups is 1. The third-order valence-electron chi connectivity index (χ3n) is 4.10. The Morgan fingerprint density at radius 3 is 2.62 bits per heavy atom. The van der Waals surface area contributed by atoms with Gasteiger partial charge in [-0.3, -0.25) is 4.79 Å². The molecular weight excluding hydrogens is 519 g/mol. The van der Waals surface area contributed by atoms with Crippen molar-refractivity contribution >= 4 is 57.2 Å². The van der Waals surface area contributed by atoms with Gasteiger partial charge in [-0.15, -0.1) is 0 Å². The van der Waals surface area contributed by atoms with Crippen LogP contribution in [0, 0.1) is 6.92 Å². The summed E-state index contributed by atoms with van der Waals surface area (Å²) in [6.45, 7) is 1.58. The van der Waals surface area contributed by atoms with Crippen LogP contribution in [0.5, 0.6) is 11.5 Å². The van der Waals surface area contributed by atoms with Gasteiger partial charge in [0.25, 0.3) is 5.91 Å². The highest BCUT2D eigenvalue weighted by Crippen LogP contribution is 2.31. The predicted molar refractivity (Wildman–Crippen MR) is 128 cm³/mol.